The zero-order valence-corrected chi connectivity index (χ0v) is 19.1. The van der Waals surface area contributed by atoms with E-state index in [0.717, 1.165) is 34.9 Å². The van der Waals surface area contributed by atoms with Gasteiger partial charge in [0, 0.05) is 23.2 Å². The largest absolute Gasteiger partial charge is 0.346 e. The van der Waals surface area contributed by atoms with Gasteiger partial charge in [0.2, 0.25) is 15.9 Å². The van der Waals surface area contributed by atoms with Crippen LogP contribution >= 0.6 is 0 Å². The predicted molar refractivity (Wildman–Crippen MR) is 127 cm³/mol. The van der Waals surface area contributed by atoms with E-state index < -0.39 is 15.4 Å². The number of carbonyl (C=O) groups excluding carboxylic acids is 1. The minimum absolute atomic E-state index is 0.00868. The second kappa shape index (κ2) is 7.89. The summed E-state index contributed by atoms with van der Waals surface area (Å²) in [4.78, 5) is 19.9. The highest BCUT2D eigenvalue weighted by atomic mass is 32.2. The Balaban J connectivity index is 1.47. The number of H-pyrrole nitrogens is 1. The zero-order chi connectivity index (χ0) is 23.2. The first kappa shape index (κ1) is 21.5. The molecule has 2 aliphatic rings. The standard InChI is InChI=1S/C24H25N5O3S/c1-2-15-11-17(29-33(31,32)14-24(13-25)8-9-24)5-6-18(15)20-12-21(28-23(30)16-3-4-16)27-22-19(20)7-10-26-22/h5-7,10-12,16,29H,2-4,8-9,14H2,1H3,(H2,26,27,28,30). The number of rotatable bonds is 8. The number of carbonyl (C=O) groups is 1. The number of nitrogens with one attached hydrogen (secondary N) is 3. The summed E-state index contributed by atoms with van der Waals surface area (Å²) in [5, 5.41) is 13.1. The molecular formula is C24H25N5O3S. The van der Waals surface area contributed by atoms with Crippen molar-refractivity contribution in [1.82, 2.24) is 9.97 Å². The molecule has 2 aromatic heterocycles. The van der Waals surface area contributed by atoms with Crippen molar-refractivity contribution in [2.24, 2.45) is 11.3 Å². The summed E-state index contributed by atoms with van der Waals surface area (Å²) < 4.78 is 27.8. The van der Waals surface area contributed by atoms with Gasteiger partial charge in [0.05, 0.1) is 17.2 Å². The van der Waals surface area contributed by atoms with Crippen LogP contribution in [0.25, 0.3) is 22.2 Å². The monoisotopic (exact) mass is 463 g/mol. The molecule has 0 saturated heterocycles. The maximum atomic E-state index is 12.6. The summed E-state index contributed by atoms with van der Waals surface area (Å²) in [5.74, 6) is 0.377. The van der Waals surface area contributed by atoms with E-state index in [1.807, 2.05) is 37.4 Å². The van der Waals surface area contributed by atoms with E-state index in [-0.39, 0.29) is 17.6 Å². The van der Waals surface area contributed by atoms with Crippen LogP contribution in [0.2, 0.25) is 0 Å². The summed E-state index contributed by atoms with van der Waals surface area (Å²) in [6.45, 7) is 2.01. The quantitative estimate of drug-likeness (QED) is 0.462. The number of anilines is 2. The number of sulfonamides is 1. The Morgan fingerprint density at radius 3 is 2.70 bits per heavy atom. The molecule has 0 bridgehead atoms. The van der Waals surface area contributed by atoms with Crippen molar-refractivity contribution in [2.75, 3.05) is 15.8 Å². The van der Waals surface area contributed by atoms with Gasteiger partial charge in [-0.3, -0.25) is 9.52 Å². The van der Waals surface area contributed by atoms with Gasteiger partial charge in [0.25, 0.3) is 0 Å². The highest BCUT2D eigenvalue weighted by molar-refractivity contribution is 7.92. The number of aromatic amines is 1. The molecule has 3 N–H and O–H groups in total. The van der Waals surface area contributed by atoms with Crippen molar-refractivity contribution < 1.29 is 13.2 Å². The SMILES string of the molecule is CCc1cc(NS(=O)(=O)CC2(C#N)CC2)ccc1-c1cc(NC(=O)C2CC2)nc2[nH]ccc12. The number of nitriles is 1. The predicted octanol–water partition coefficient (Wildman–Crippen LogP) is 4.19. The van der Waals surface area contributed by atoms with Crippen LogP contribution in [0.5, 0.6) is 0 Å². The normalized spacial score (nSPS) is 16.8. The van der Waals surface area contributed by atoms with Crippen LogP contribution in [0.1, 0.15) is 38.2 Å². The molecule has 8 nitrogen and oxygen atoms in total. The van der Waals surface area contributed by atoms with Crippen LogP contribution in [0.15, 0.2) is 36.5 Å². The van der Waals surface area contributed by atoms with Crippen molar-refractivity contribution in [3.05, 3.63) is 42.1 Å². The maximum absolute atomic E-state index is 12.6. The minimum atomic E-state index is -3.63. The van der Waals surface area contributed by atoms with Crippen molar-refractivity contribution >= 4 is 38.5 Å². The zero-order valence-electron chi connectivity index (χ0n) is 18.3. The van der Waals surface area contributed by atoms with Gasteiger partial charge >= 0.3 is 0 Å². The van der Waals surface area contributed by atoms with Gasteiger partial charge in [0.1, 0.15) is 11.5 Å². The van der Waals surface area contributed by atoms with E-state index >= 15 is 0 Å². The van der Waals surface area contributed by atoms with Crippen LogP contribution in [0.4, 0.5) is 11.5 Å². The Morgan fingerprint density at radius 2 is 2.03 bits per heavy atom. The smallest absolute Gasteiger partial charge is 0.234 e. The van der Waals surface area contributed by atoms with Gasteiger partial charge in [0.15, 0.2) is 0 Å². The minimum Gasteiger partial charge on any atom is -0.346 e. The first-order valence-corrected chi connectivity index (χ1v) is 12.8. The van der Waals surface area contributed by atoms with Crippen molar-refractivity contribution in [2.45, 2.75) is 39.0 Å². The first-order valence-electron chi connectivity index (χ1n) is 11.2. The van der Waals surface area contributed by atoms with Gasteiger partial charge in [-0.1, -0.05) is 13.0 Å². The highest BCUT2D eigenvalue weighted by Gasteiger charge is 2.47. The number of aryl methyl sites for hydroxylation is 1. The molecule has 170 valence electrons. The van der Waals surface area contributed by atoms with Crippen molar-refractivity contribution in [1.29, 1.82) is 5.26 Å². The summed E-state index contributed by atoms with van der Waals surface area (Å²) in [5.41, 5.74) is 3.25. The molecule has 0 radical (unpaired) electrons. The van der Waals surface area contributed by atoms with Gasteiger partial charge in [-0.2, -0.15) is 5.26 Å². The van der Waals surface area contributed by atoms with E-state index in [1.54, 1.807) is 6.07 Å². The third-order valence-electron chi connectivity index (χ3n) is 6.33. The Hall–Kier alpha value is -3.38. The Labute approximate surface area is 192 Å². The lowest BCUT2D eigenvalue weighted by atomic mass is 9.96. The fourth-order valence-electron chi connectivity index (χ4n) is 4.13. The second-order valence-corrected chi connectivity index (χ2v) is 10.8. The number of amides is 1. The number of aromatic nitrogens is 2. The van der Waals surface area contributed by atoms with Crippen LogP contribution < -0.4 is 10.0 Å². The average molecular weight is 464 g/mol. The maximum Gasteiger partial charge on any atom is 0.234 e. The van der Waals surface area contributed by atoms with E-state index in [9.17, 15) is 18.5 Å². The van der Waals surface area contributed by atoms with Gasteiger partial charge in [-0.05, 0) is 73.1 Å². The molecule has 0 unspecified atom stereocenters. The molecule has 3 aromatic rings. The third-order valence-corrected chi connectivity index (χ3v) is 7.81. The Bertz CT molecular complexity index is 1400. The van der Waals surface area contributed by atoms with Crippen LogP contribution in [-0.4, -0.2) is 30.0 Å². The first-order chi connectivity index (χ1) is 15.8. The van der Waals surface area contributed by atoms with Crippen LogP contribution in [-0.2, 0) is 21.2 Å². The van der Waals surface area contributed by atoms with E-state index in [2.05, 4.69) is 26.1 Å². The summed E-state index contributed by atoms with van der Waals surface area (Å²) in [6.07, 6.45) is 5.57. The molecule has 0 aliphatic heterocycles. The molecule has 2 aliphatic carbocycles. The molecule has 9 heteroatoms. The summed E-state index contributed by atoms with van der Waals surface area (Å²) in [7, 11) is -3.63. The van der Waals surface area contributed by atoms with E-state index in [1.165, 1.54) is 0 Å². The fraction of sp³-hybridized carbons (Fsp3) is 0.375. The van der Waals surface area contributed by atoms with Crippen LogP contribution in [0, 0.1) is 22.7 Å². The summed E-state index contributed by atoms with van der Waals surface area (Å²) in [6, 6.07) is 11.4. The number of nitrogens with zero attached hydrogens (tertiary/aromatic N) is 2. The number of fused-ring (bicyclic) bond motifs is 1. The molecule has 33 heavy (non-hydrogen) atoms. The molecular weight excluding hydrogens is 438 g/mol. The van der Waals surface area contributed by atoms with E-state index in [4.69, 9.17) is 0 Å². The molecule has 2 heterocycles. The van der Waals surface area contributed by atoms with Gasteiger partial charge in [-0.25, -0.2) is 13.4 Å². The molecule has 1 aromatic carbocycles. The number of hydrogen-bond donors (Lipinski definition) is 3. The topological polar surface area (TPSA) is 128 Å². The molecule has 0 atom stereocenters. The lowest BCUT2D eigenvalue weighted by Crippen LogP contribution is -2.23. The van der Waals surface area contributed by atoms with Crippen molar-refractivity contribution in [3.8, 4) is 17.2 Å². The molecule has 2 fully saturated rings. The number of hydrogen-bond acceptors (Lipinski definition) is 5. The van der Waals surface area contributed by atoms with Gasteiger partial charge in [-0.15, -0.1) is 0 Å². The van der Waals surface area contributed by atoms with Gasteiger partial charge < -0.3 is 10.3 Å². The lowest BCUT2D eigenvalue weighted by Gasteiger charge is -2.15. The summed E-state index contributed by atoms with van der Waals surface area (Å²) >= 11 is 0. The van der Waals surface area contributed by atoms with Crippen molar-refractivity contribution in [3.63, 3.8) is 0 Å². The number of benzene rings is 1. The number of pyridine rings is 1. The Morgan fingerprint density at radius 1 is 1.24 bits per heavy atom. The average Bonchev–Trinajstić information content (AvgIpc) is 3.71. The third kappa shape index (κ3) is 4.44. The van der Waals surface area contributed by atoms with E-state index in [0.29, 0.717) is 36.4 Å². The second-order valence-electron chi connectivity index (χ2n) is 9.04. The van der Waals surface area contributed by atoms with Crippen LogP contribution in [0.3, 0.4) is 0 Å². The molecule has 2 saturated carbocycles. The molecule has 5 rings (SSSR count). The fourth-order valence-corrected chi connectivity index (χ4v) is 5.77. The Kier molecular flexibility index (Phi) is 5.13. The molecule has 0 spiro atoms. The lowest BCUT2D eigenvalue weighted by molar-refractivity contribution is -0.117. The molecule has 1 amide bonds. The highest BCUT2D eigenvalue weighted by Crippen LogP contribution is 2.46.